The van der Waals surface area contributed by atoms with Gasteiger partial charge < -0.3 is 14.8 Å². The minimum absolute atomic E-state index is 0.0437. The third kappa shape index (κ3) is 4.07. The van der Waals surface area contributed by atoms with Crippen LogP contribution in [0.1, 0.15) is 39.0 Å². The van der Waals surface area contributed by atoms with Crippen molar-refractivity contribution in [3.05, 3.63) is 24.3 Å². The van der Waals surface area contributed by atoms with Gasteiger partial charge in [0.25, 0.3) is 11.8 Å². The highest BCUT2D eigenvalue weighted by Crippen LogP contribution is 2.33. The number of likely N-dealkylation sites (N-methyl/N-ethyl adjacent to an activating group) is 1. The molecule has 1 atom stereocenters. The van der Waals surface area contributed by atoms with Crippen molar-refractivity contribution in [3.8, 4) is 11.5 Å². The molecule has 4 amide bonds. The van der Waals surface area contributed by atoms with E-state index in [1.165, 1.54) is 0 Å². The average Bonchev–Trinajstić information content (AvgIpc) is 2.97. The Kier molecular flexibility index (Phi) is 5.80. The molecule has 2 heterocycles. The molecule has 1 saturated heterocycles. The highest BCUT2D eigenvalue weighted by atomic mass is 16.6. The van der Waals surface area contributed by atoms with Crippen molar-refractivity contribution in [1.82, 2.24) is 20.7 Å². The SMILES string of the molecule is CCN(CC(=O)NN1C(=O)NC2(CCCCC2)C1=O)CC1COc2ccccc2O1. The van der Waals surface area contributed by atoms with Crippen LogP contribution in [0.4, 0.5) is 4.79 Å². The third-order valence-corrected chi connectivity index (χ3v) is 5.95. The van der Waals surface area contributed by atoms with E-state index in [9.17, 15) is 14.4 Å². The van der Waals surface area contributed by atoms with E-state index in [2.05, 4.69) is 10.7 Å². The molecule has 1 spiro atoms. The molecule has 1 aromatic carbocycles. The van der Waals surface area contributed by atoms with Crippen LogP contribution in [-0.4, -0.2) is 65.6 Å². The van der Waals surface area contributed by atoms with E-state index in [0.29, 0.717) is 44.0 Å². The summed E-state index contributed by atoms with van der Waals surface area (Å²) in [4.78, 5) is 39.6. The van der Waals surface area contributed by atoms with Gasteiger partial charge in [-0.25, -0.2) is 4.79 Å². The van der Waals surface area contributed by atoms with E-state index >= 15 is 0 Å². The number of carbonyl (C=O) groups excluding carboxylic acids is 3. The number of fused-ring (bicyclic) bond motifs is 1. The van der Waals surface area contributed by atoms with Gasteiger partial charge in [-0.3, -0.25) is 19.9 Å². The largest absolute Gasteiger partial charge is 0.486 e. The summed E-state index contributed by atoms with van der Waals surface area (Å²) in [7, 11) is 0. The lowest BCUT2D eigenvalue weighted by Crippen LogP contribution is -2.53. The van der Waals surface area contributed by atoms with E-state index in [1.54, 1.807) is 0 Å². The topological polar surface area (TPSA) is 100 Å². The maximum atomic E-state index is 12.8. The molecule has 9 nitrogen and oxygen atoms in total. The van der Waals surface area contributed by atoms with Gasteiger partial charge in [-0.15, -0.1) is 0 Å². The third-order valence-electron chi connectivity index (χ3n) is 5.95. The van der Waals surface area contributed by atoms with Crippen molar-refractivity contribution < 1.29 is 23.9 Å². The predicted molar refractivity (Wildman–Crippen MR) is 108 cm³/mol. The molecule has 162 valence electrons. The van der Waals surface area contributed by atoms with E-state index in [1.807, 2.05) is 36.1 Å². The van der Waals surface area contributed by atoms with Crippen LogP contribution in [0.25, 0.3) is 0 Å². The molecule has 1 aliphatic carbocycles. The fourth-order valence-corrected chi connectivity index (χ4v) is 4.33. The number of benzene rings is 1. The maximum absolute atomic E-state index is 12.8. The molecule has 3 aliphatic rings. The quantitative estimate of drug-likeness (QED) is 0.681. The monoisotopic (exact) mass is 416 g/mol. The van der Waals surface area contributed by atoms with Crippen LogP contribution in [0.15, 0.2) is 24.3 Å². The number of nitrogens with zero attached hydrogens (tertiary/aromatic N) is 2. The van der Waals surface area contributed by atoms with Crippen molar-refractivity contribution >= 4 is 17.8 Å². The number of hydrogen-bond donors (Lipinski definition) is 2. The zero-order valence-electron chi connectivity index (χ0n) is 17.2. The van der Waals surface area contributed by atoms with Crippen molar-refractivity contribution in [1.29, 1.82) is 0 Å². The lowest BCUT2D eigenvalue weighted by atomic mass is 9.82. The number of carbonyl (C=O) groups is 3. The van der Waals surface area contributed by atoms with Crippen molar-refractivity contribution in [2.24, 2.45) is 0 Å². The Morgan fingerprint density at radius 1 is 1.23 bits per heavy atom. The smallest absolute Gasteiger partial charge is 0.344 e. The molecule has 4 rings (SSSR count). The number of para-hydroxylation sites is 2. The maximum Gasteiger partial charge on any atom is 0.344 e. The molecular weight excluding hydrogens is 388 g/mol. The summed E-state index contributed by atoms with van der Waals surface area (Å²) >= 11 is 0. The molecule has 9 heteroatoms. The minimum Gasteiger partial charge on any atom is -0.486 e. The Labute approximate surface area is 175 Å². The number of imide groups is 1. The van der Waals surface area contributed by atoms with Gasteiger partial charge in [0, 0.05) is 6.54 Å². The van der Waals surface area contributed by atoms with Gasteiger partial charge in [-0.2, -0.15) is 5.01 Å². The molecule has 30 heavy (non-hydrogen) atoms. The molecule has 2 aliphatic heterocycles. The molecule has 1 saturated carbocycles. The first kappa shape index (κ1) is 20.5. The summed E-state index contributed by atoms with van der Waals surface area (Å²) in [6, 6.07) is 6.92. The first-order chi connectivity index (χ1) is 14.5. The number of ether oxygens (including phenoxy) is 2. The van der Waals surface area contributed by atoms with Crippen molar-refractivity contribution in [3.63, 3.8) is 0 Å². The van der Waals surface area contributed by atoms with Crippen LogP contribution in [0.3, 0.4) is 0 Å². The molecule has 0 bridgehead atoms. The number of hydrazine groups is 1. The summed E-state index contributed by atoms with van der Waals surface area (Å²) < 4.78 is 11.7. The Morgan fingerprint density at radius 2 is 1.97 bits per heavy atom. The molecule has 1 unspecified atom stereocenters. The molecule has 2 N–H and O–H groups in total. The summed E-state index contributed by atoms with van der Waals surface area (Å²) in [5.74, 6) is 0.630. The summed E-state index contributed by atoms with van der Waals surface area (Å²) in [5, 5.41) is 3.63. The van der Waals surface area contributed by atoms with E-state index in [0.717, 1.165) is 24.3 Å². The van der Waals surface area contributed by atoms with Crippen molar-refractivity contribution in [2.45, 2.75) is 50.7 Å². The number of hydrogen-bond acceptors (Lipinski definition) is 6. The Bertz CT molecular complexity index is 823. The molecular formula is C21H28N4O5. The summed E-state index contributed by atoms with van der Waals surface area (Å²) in [5.41, 5.74) is 1.63. The molecule has 2 fully saturated rings. The fraction of sp³-hybridized carbons (Fsp3) is 0.571. The number of amides is 4. The van der Waals surface area contributed by atoms with Crippen molar-refractivity contribution in [2.75, 3.05) is 26.2 Å². The number of nitrogens with one attached hydrogen (secondary N) is 2. The second-order valence-corrected chi connectivity index (χ2v) is 8.07. The first-order valence-electron chi connectivity index (χ1n) is 10.6. The Hall–Kier alpha value is -2.81. The lowest BCUT2D eigenvalue weighted by Gasteiger charge is -2.31. The molecule has 1 aromatic rings. The van der Waals surface area contributed by atoms with Crippen LogP contribution in [0, 0.1) is 0 Å². The van der Waals surface area contributed by atoms with Crippen LogP contribution < -0.4 is 20.2 Å². The molecule has 0 aromatic heterocycles. The highest BCUT2D eigenvalue weighted by Gasteiger charge is 2.52. The highest BCUT2D eigenvalue weighted by molar-refractivity contribution is 6.08. The van der Waals surface area contributed by atoms with Gasteiger partial charge in [0.2, 0.25) is 0 Å². The lowest BCUT2D eigenvalue weighted by molar-refractivity contribution is -0.140. The van der Waals surface area contributed by atoms with Crippen LogP contribution in [0.2, 0.25) is 0 Å². The van der Waals surface area contributed by atoms with E-state index < -0.39 is 17.5 Å². The van der Waals surface area contributed by atoms with Gasteiger partial charge in [0.15, 0.2) is 11.5 Å². The van der Waals surface area contributed by atoms with Crippen LogP contribution >= 0.6 is 0 Å². The van der Waals surface area contributed by atoms with Gasteiger partial charge >= 0.3 is 6.03 Å². The predicted octanol–water partition coefficient (Wildman–Crippen LogP) is 1.43. The second-order valence-electron chi connectivity index (χ2n) is 8.07. The number of urea groups is 1. The fourth-order valence-electron chi connectivity index (χ4n) is 4.33. The zero-order valence-corrected chi connectivity index (χ0v) is 17.2. The van der Waals surface area contributed by atoms with Gasteiger partial charge in [0.05, 0.1) is 6.54 Å². The normalized spacial score (nSPS) is 22.3. The van der Waals surface area contributed by atoms with E-state index in [-0.39, 0.29) is 18.6 Å². The van der Waals surface area contributed by atoms with Crippen LogP contribution in [-0.2, 0) is 9.59 Å². The van der Waals surface area contributed by atoms with Gasteiger partial charge in [-0.1, -0.05) is 38.3 Å². The molecule has 0 radical (unpaired) electrons. The summed E-state index contributed by atoms with van der Waals surface area (Å²) in [6.07, 6.45) is 3.86. The second kappa shape index (κ2) is 8.51. The van der Waals surface area contributed by atoms with E-state index in [4.69, 9.17) is 9.47 Å². The Balaban J connectivity index is 1.31. The Morgan fingerprint density at radius 3 is 2.70 bits per heavy atom. The standard InChI is InChI=1S/C21H28N4O5/c1-2-24(12-15-14-29-16-8-4-5-9-17(16)30-15)13-18(26)23-25-19(27)21(22-20(25)28)10-6-3-7-11-21/h4-5,8-9,15H,2-3,6-7,10-14H2,1H3,(H,22,28)(H,23,26). The van der Waals surface area contributed by atoms with Gasteiger partial charge in [0.1, 0.15) is 18.2 Å². The minimum atomic E-state index is -0.853. The van der Waals surface area contributed by atoms with Gasteiger partial charge in [-0.05, 0) is 31.5 Å². The zero-order chi connectivity index (χ0) is 21.1. The average molecular weight is 416 g/mol. The van der Waals surface area contributed by atoms with Crippen LogP contribution in [0.5, 0.6) is 11.5 Å². The number of rotatable bonds is 6. The summed E-state index contributed by atoms with van der Waals surface area (Å²) in [6.45, 7) is 3.48. The first-order valence-corrected chi connectivity index (χ1v) is 10.6.